The molecule has 3 rings (SSSR count). The minimum Gasteiger partial charge on any atom is -0.356 e. The summed E-state index contributed by atoms with van der Waals surface area (Å²) in [4.78, 5) is 30.9. The lowest BCUT2D eigenvalue weighted by atomic mass is 10.1. The van der Waals surface area contributed by atoms with Gasteiger partial charge in [0, 0.05) is 35.8 Å². The van der Waals surface area contributed by atoms with Gasteiger partial charge in [0.1, 0.15) is 0 Å². The molecule has 6 heteroatoms. The highest BCUT2D eigenvalue weighted by atomic mass is 32.1. The number of aryl methyl sites for hydroxylation is 1. The predicted molar refractivity (Wildman–Crippen MR) is 91.7 cm³/mol. The third kappa shape index (κ3) is 4.04. The number of carbonyl (C=O) groups is 1. The van der Waals surface area contributed by atoms with Crippen LogP contribution in [0.15, 0.2) is 46.0 Å². The molecule has 0 bridgehead atoms. The van der Waals surface area contributed by atoms with Crippen LogP contribution in [0.4, 0.5) is 0 Å². The topological polar surface area (TPSA) is 74.8 Å². The number of para-hydroxylation sites is 1. The van der Waals surface area contributed by atoms with Crippen molar-refractivity contribution in [3.05, 3.63) is 62.8 Å². The largest absolute Gasteiger partial charge is 0.356 e. The number of fused-ring (bicyclic) bond motifs is 1. The van der Waals surface area contributed by atoms with E-state index in [1.165, 1.54) is 0 Å². The molecule has 0 atom stereocenters. The second kappa shape index (κ2) is 7.19. The molecule has 0 spiro atoms. The van der Waals surface area contributed by atoms with Crippen LogP contribution in [-0.4, -0.2) is 22.4 Å². The molecule has 3 aromatic rings. The van der Waals surface area contributed by atoms with Crippen molar-refractivity contribution in [3.63, 3.8) is 0 Å². The zero-order valence-corrected chi connectivity index (χ0v) is 13.4. The molecule has 0 unspecified atom stereocenters. The fourth-order valence-electron chi connectivity index (χ4n) is 2.41. The second-order valence-electron chi connectivity index (χ2n) is 5.29. The first-order valence-corrected chi connectivity index (χ1v) is 8.41. The number of rotatable bonds is 6. The van der Waals surface area contributed by atoms with Gasteiger partial charge in [-0.25, -0.2) is 4.98 Å². The zero-order chi connectivity index (χ0) is 16.1. The Labute approximate surface area is 137 Å². The third-order valence-corrected chi connectivity index (χ3v) is 4.27. The molecule has 2 aromatic heterocycles. The van der Waals surface area contributed by atoms with Crippen LogP contribution in [0.3, 0.4) is 0 Å². The van der Waals surface area contributed by atoms with Gasteiger partial charge in [-0.1, -0.05) is 18.2 Å². The van der Waals surface area contributed by atoms with Crippen LogP contribution in [0, 0.1) is 0 Å². The van der Waals surface area contributed by atoms with Crippen LogP contribution in [0.5, 0.6) is 0 Å². The molecule has 0 radical (unpaired) electrons. The molecule has 0 aliphatic carbocycles. The van der Waals surface area contributed by atoms with Crippen molar-refractivity contribution in [1.82, 2.24) is 15.3 Å². The summed E-state index contributed by atoms with van der Waals surface area (Å²) >= 11 is 1.55. The standard InChI is InChI=1S/C17H17N3O2S/c21-16(18-8-7-14-10-23-11-19-14)6-5-13-9-12-3-1-2-4-15(12)20-17(13)22/h1-4,9-11H,5-8H2,(H,18,21)(H,20,22). The van der Waals surface area contributed by atoms with Gasteiger partial charge in [0.05, 0.1) is 11.2 Å². The number of nitrogens with one attached hydrogen (secondary N) is 2. The van der Waals surface area contributed by atoms with Gasteiger partial charge in [0.15, 0.2) is 0 Å². The van der Waals surface area contributed by atoms with Gasteiger partial charge in [-0.2, -0.15) is 0 Å². The van der Waals surface area contributed by atoms with Crippen LogP contribution in [-0.2, 0) is 17.6 Å². The highest BCUT2D eigenvalue weighted by Gasteiger charge is 2.07. The van der Waals surface area contributed by atoms with E-state index in [-0.39, 0.29) is 11.5 Å². The number of pyridine rings is 1. The molecular weight excluding hydrogens is 310 g/mol. The molecule has 0 saturated heterocycles. The van der Waals surface area contributed by atoms with E-state index in [4.69, 9.17) is 0 Å². The lowest BCUT2D eigenvalue weighted by molar-refractivity contribution is -0.121. The van der Waals surface area contributed by atoms with Crippen molar-refractivity contribution in [2.45, 2.75) is 19.3 Å². The lowest BCUT2D eigenvalue weighted by Gasteiger charge is -2.05. The van der Waals surface area contributed by atoms with Crippen molar-refractivity contribution in [1.29, 1.82) is 0 Å². The van der Waals surface area contributed by atoms with E-state index in [0.717, 1.165) is 23.0 Å². The average Bonchev–Trinajstić information content (AvgIpc) is 3.06. The molecule has 0 aliphatic heterocycles. The first-order valence-electron chi connectivity index (χ1n) is 7.47. The summed E-state index contributed by atoms with van der Waals surface area (Å²) in [5, 5.41) is 5.81. The Morgan fingerprint density at radius 3 is 2.96 bits per heavy atom. The highest BCUT2D eigenvalue weighted by Crippen LogP contribution is 2.11. The predicted octanol–water partition coefficient (Wildman–Crippen LogP) is 2.28. The molecule has 23 heavy (non-hydrogen) atoms. The smallest absolute Gasteiger partial charge is 0.251 e. The van der Waals surface area contributed by atoms with Gasteiger partial charge in [-0.15, -0.1) is 11.3 Å². The number of hydrogen-bond donors (Lipinski definition) is 2. The first-order chi connectivity index (χ1) is 11.2. The fraction of sp³-hybridized carbons (Fsp3) is 0.235. The molecule has 118 valence electrons. The van der Waals surface area contributed by atoms with Crippen LogP contribution in [0.25, 0.3) is 10.9 Å². The number of aromatic nitrogens is 2. The van der Waals surface area contributed by atoms with Crippen LogP contribution in [0.2, 0.25) is 0 Å². The van der Waals surface area contributed by atoms with E-state index in [1.807, 2.05) is 35.7 Å². The molecule has 0 saturated carbocycles. The summed E-state index contributed by atoms with van der Waals surface area (Å²) in [6.45, 7) is 0.566. The highest BCUT2D eigenvalue weighted by molar-refractivity contribution is 7.07. The summed E-state index contributed by atoms with van der Waals surface area (Å²) < 4.78 is 0. The van der Waals surface area contributed by atoms with E-state index >= 15 is 0 Å². The number of thiazole rings is 1. The number of hydrogen-bond acceptors (Lipinski definition) is 4. The number of benzene rings is 1. The van der Waals surface area contributed by atoms with Crippen molar-refractivity contribution in [2.75, 3.05) is 6.54 Å². The second-order valence-corrected chi connectivity index (χ2v) is 6.01. The number of H-pyrrole nitrogens is 1. The van der Waals surface area contributed by atoms with Gasteiger partial charge >= 0.3 is 0 Å². The SMILES string of the molecule is O=C(CCc1cc2ccccc2[nH]c1=O)NCCc1cscn1. The minimum atomic E-state index is -0.126. The number of amides is 1. The van der Waals surface area contributed by atoms with Crippen LogP contribution in [0.1, 0.15) is 17.7 Å². The van der Waals surface area contributed by atoms with Crippen LogP contribution >= 0.6 is 11.3 Å². The monoisotopic (exact) mass is 327 g/mol. The van der Waals surface area contributed by atoms with E-state index < -0.39 is 0 Å². The maximum Gasteiger partial charge on any atom is 0.251 e. The molecule has 2 heterocycles. The van der Waals surface area contributed by atoms with Gasteiger partial charge in [0.25, 0.3) is 5.56 Å². The number of nitrogens with zero attached hydrogens (tertiary/aromatic N) is 1. The molecule has 0 fully saturated rings. The molecular formula is C17H17N3O2S. The Balaban J connectivity index is 1.54. The minimum absolute atomic E-state index is 0.0483. The van der Waals surface area contributed by atoms with Gasteiger partial charge in [-0.3, -0.25) is 9.59 Å². The van der Waals surface area contributed by atoms with Crippen molar-refractivity contribution < 1.29 is 4.79 Å². The van der Waals surface area contributed by atoms with E-state index in [9.17, 15) is 9.59 Å². The maximum atomic E-state index is 12.0. The summed E-state index contributed by atoms with van der Waals surface area (Å²) in [6, 6.07) is 9.48. The Hall–Kier alpha value is -2.47. The number of carbonyl (C=O) groups excluding carboxylic acids is 1. The average molecular weight is 327 g/mol. The van der Waals surface area contributed by atoms with E-state index in [2.05, 4.69) is 15.3 Å². The molecule has 0 aliphatic rings. The Kier molecular flexibility index (Phi) is 4.83. The summed E-state index contributed by atoms with van der Waals surface area (Å²) in [6.07, 6.45) is 1.47. The maximum absolute atomic E-state index is 12.0. The molecule has 1 aromatic carbocycles. The van der Waals surface area contributed by atoms with Gasteiger partial charge in [-0.05, 0) is 23.9 Å². The van der Waals surface area contributed by atoms with E-state index in [0.29, 0.717) is 24.9 Å². The van der Waals surface area contributed by atoms with Crippen LogP contribution < -0.4 is 10.9 Å². The molecule has 5 nitrogen and oxygen atoms in total. The van der Waals surface area contributed by atoms with E-state index in [1.54, 1.807) is 16.8 Å². The summed E-state index contributed by atoms with van der Waals surface area (Å²) in [5.74, 6) is -0.0483. The van der Waals surface area contributed by atoms with Crippen molar-refractivity contribution in [3.8, 4) is 0 Å². The molecule has 2 N–H and O–H groups in total. The summed E-state index contributed by atoms with van der Waals surface area (Å²) in [7, 11) is 0. The Morgan fingerprint density at radius 2 is 2.13 bits per heavy atom. The van der Waals surface area contributed by atoms with Gasteiger partial charge < -0.3 is 10.3 Å². The lowest BCUT2D eigenvalue weighted by Crippen LogP contribution is -2.26. The first kappa shape index (κ1) is 15.4. The molecule has 1 amide bonds. The zero-order valence-electron chi connectivity index (χ0n) is 12.5. The normalized spacial score (nSPS) is 10.8. The third-order valence-electron chi connectivity index (χ3n) is 3.64. The van der Waals surface area contributed by atoms with Crippen molar-refractivity contribution in [2.24, 2.45) is 0 Å². The van der Waals surface area contributed by atoms with Gasteiger partial charge in [0.2, 0.25) is 5.91 Å². The fourth-order valence-corrected chi connectivity index (χ4v) is 3.00. The number of aromatic amines is 1. The Morgan fingerprint density at radius 1 is 1.26 bits per heavy atom. The summed E-state index contributed by atoms with van der Waals surface area (Å²) in [5.41, 5.74) is 4.09. The van der Waals surface area contributed by atoms with Crippen molar-refractivity contribution >= 4 is 28.1 Å². The Bertz CT molecular complexity index is 856. The quantitative estimate of drug-likeness (QED) is 0.729.